The molecule has 2 N–H and O–H groups in total. The summed E-state index contributed by atoms with van der Waals surface area (Å²) < 4.78 is 22.4. The molecule has 15 heavy (non-hydrogen) atoms. The molecule has 0 heterocycles. The summed E-state index contributed by atoms with van der Waals surface area (Å²) in [5, 5.41) is 5.32. The van der Waals surface area contributed by atoms with Crippen molar-refractivity contribution in [3.8, 4) is 0 Å². The summed E-state index contributed by atoms with van der Waals surface area (Å²) in [6.45, 7) is 3.94. The number of aryl methyl sites for hydroxylation is 1. The summed E-state index contributed by atoms with van der Waals surface area (Å²) in [6, 6.07) is 3.24. The lowest BCUT2D eigenvalue weighted by Crippen LogP contribution is -2.13. The van der Waals surface area contributed by atoms with Crippen molar-refractivity contribution in [1.29, 1.82) is 0 Å². The van der Waals surface area contributed by atoms with Gasteiger partial charge in [0, 0.05) is 0 Å². The Labute approximate surface area is 95.3 Å². The van der Waals surface area contributed by atoms with Crippen LogP contribution in [0.4, 0.5) is 0 Å². The highest BCUT2D eigenvalue weighted by atomic mass is 35.5. The molecule has 0 bridgehead atoms. The molecule has 1 aromatic carbocycles. The van der Waals surface area contributed by atoms with Crippen LogP contribution in [0.3, 0.4) is 0 Å². The minimum Gasteiger partial charge on any atom is -0.225 e. The molecular formula is C10H14ClNO2S. The summed E-state index contributed by atoms with van der Waals surface area (Å²) >= 11 is 6.02. The van der Waals surface area contributed by atoms with E-state index >= 15 is 0 Å². The summed E-state index contributed by atoms with van der Waals surface area (Å²) in [4.78, 5) is 0.0122. The van der Waals surface area contributed by atoms with Crippen molar-refractivity contribution in [3.63, 3.8) is 0 Å². The maximum absolute atomic E-state index is 11.2. The van der Waals surface area contributed by atoms with Gasteiger partial charge in [-0.15, -0.1) is 0 Å². The third-order valence-corrected chi connectivity index (χ3v) is 3.84. The van der Waals surface area contributed by atoms with Gasteiger partial charge in [0.05, 0.1) is 5.02 Å². The molecule has 0 aliphatic rings. The van der Waals surface area contributed by atoms with Gasteiger partial charge >= 0.3 is 0 Å². The van der Waals surface area contributed by atoms with Crippen molar-refractivity contribution in [2.75, 3.05) is 0 Å². The van der Waals surface area contributed by atoms with E-state index in [-0.39, 0.29) is 9.92 Å². The number of primary sulfonamides is 1. The van der Waals surface area contributed by atoms with E-state index in [9.17, 15) is 8.42 Å². The average molecular weight is 248 g/mol. The Kier molecular flexibility index (Phi) is 3.76. The lowest BCUT2D eigenvalue weighted by atomic mass is 10.0. The molecule has 1 rings (SSSR count). The number of halogens is 1. The summed E-state index contributed by atoms with van der Waals surface area (Å²) in [6.07, 6.45) is 1.53. The van der Waals surface area contributed by atoms with E-state index in [1.807, 2.05) is 13.8 Å². The molecule has 0 amide bonds. The molecule has 84 valence electrons. The van der Waals surface area contributed by atoms with Crippen LogP contribution < -0.4 is 5.14 Å². The van der Waals surface area contributed by atoms with Crippen LogP contribution >= 0.6 is 11.6 Å². The largest absolute Gasteiger partial charge is 0.239 e. The number of hydrogen-bond donors (Lipinski definition) is 1. The van der Waals surface area contributed by atoms with Gasteiger partial charge < -0.3 is 0 Å². The maximum atomic E-state index is 11.2. The van der Waals surface area contributed by atoms with Crippen molar-refractivity contribution in [2.45, 2.75) is 31.6 Å². The standard InChI is InChI=1S/C10H14ClNO2S/c1-3-7-5-6-9(15(12,13)14)10(11)8(7)4-2/h5-6H,3-4H2,1-2H3,(H2,12,13,14). The molecule has 0 unspecified atom stereocenters. The van der Waals surface area contributed by atoms with Gasteiger partial charge in [-0.3, -0.25) is 0 Å². The minimum absolute atomic E-state index is 0.0122. The zero-order chi connectivity index (χ0) is 11.6. The molecule has 1 aromatic rings. The normalized spacial score (nSPS) is 11.7. The van der Waals surface area contributed by atoms with Gasteiger partial charge in [-0.1, -0.05) is 31.5 Å². The van der Waals surface area contributed by atoms with E-state index in [4.69, 9.17) is 16.7 Å². The second kappa shape index (κ2) is 4.51. The fourth-order valence-corrected chi connectivity index (χ4v) is 2.84. The van der Waals surface area contributed by atoms with Crippen molar-refractivity contribution in [2.24, 2.45) is 5.14 Å². The Morgan fingerprint density at radius 1 is 1.27 bits per heavy atom. The van der Waals surface area contributed by atoms with Gasteiger partial charge in [0.2, 0.25) is 10.0 Å². The van der Waals surface area contributed by atoms with Crippen LogP contribution in [-0.2, 0) is 22.9 Å². The van der Waals surface area contributed by atoms with Crippen LogP contribution in [0.1, 0.15) is 25.0 Å². The van der Waals surface area contributed by atoms with Crippen molar-refractivity contribution in [1.82, 2.24) is 0 Å². The second-order valence-corrected chi connectivity index (χ2v) is 5.18. The van der Waals surface area contributed by atoms with E-state index in [2.05, 4.69) is 0 Å². The Balaban J connectivity index is 3.50. The van der Waals surface area contributed by atoms with Gasteiger partial charge in [-0.05, 0) is 30.0 Å². The molecular weight excluding hydrogens is 234 g/mol. The molecule has 0 spiro atoms. The van der Waals surface area contributed by atoms with E-state index in [0.29, 0.717) is 6.42 Å². The number of rotatable bonds is 3. The molecule has 0 aromatic heterocycles. The number of sulfonamides is 1. The van der Waals surface area contributed by atoms with Gasteiger partial charge in [0.1, 0.15) is 4.90 Å². The average Bonchev–Trinajstić information content (AvgIpc) is 2.15. The Morgan fingerprint density at radius 2 is 1.87 bits per heavy atom. The fraction of sp³-hybridized carbons (Fsp3) is 0.400. The first kappa shape index (κ1) is 12.5. The van der Waals surface area contributed by atoms with Gasteiger partial charge in [0.15, 0.2) is 0 Å². The van der Waals surface area contributed by atoms with E-state index in [1.54, 1.807) is 6.07 Å². The zero-order valence-corrected chi connectivity index (χ0v) is 10.3. The molecule has 0 fully saturated rings. The van der Waals surface area contributed by atoms with E-state index in [0.717, 1.165) is 17.5 Å². The predicted molar refractivity (Wildman–Crippen MR) is 61.6 cm³/mol. The first-order chi connectivity index (χ1) is 6.91. The lowest BCUT2D eigenvalue weighted by molar-refractivity contribution is 0.597. The highest BCUT2D eigenvalue weighted by Crippen LogP contribution is 2.28. The van der Waals surface area contributed by atoms with Gasteiger partial charge in [0.25, 0.3) is 0 Å². The third kappa shape index (κ3) is 2.51. The first-order valence-electron chi connectivity index (χ1n) is 4.74. The lowest BCUT2D eigenvalue weighted by Gasteiger charge is -2.11. The molecule has 0 atom stereocenters. The SMILES string of the molecule is CCc1ccc(S(N)(=O)=O)c(Cl)c1CC. The monoisotopic (exact) mass is 247 g/mol. The van der Waals surface area contributed by atoms with Gasteiger partial charge in [-0.25, -0.2) is 13.6 Å². The van der Waals surface area contributed by atoms with Crippen molar-refractivity contribution in [3.05, 3.63) is 28.3 Å². The summed E-state index contributed by atoms with van der Waals surface area (Å²) in [7, 11) is -3.72. The van der Waals surface area contributed by atoms with Crippen LogP contribution in [0.15, 0.2) is 17.0 Å². The highest BCUT2D eigenvalue weighted by Gasteiger charge is 2.16. The molecule has 3 nitrogen and oxygen atoms in total. The van der Waals surface area contributed by atoms with E-state index < -0.39 is 10.0 Å². The molecule has 0 radical (unpaired) electrons. The van der Waals surface area contributed by atoms with Crippen LogP contribution in [-0.4, -0.2) is 8.42 Å². The molecule has 5 heteroatoms. The van der Waals surface area contributed by atoms with Crippen molar-refractivity contribution < 1.29 is 8.42 Å². The summed E-state index contributed by atoms with van der Waals surface area (Å²) in [5.41, 5.74) is 1.93. The first-order valence-corrected chi connectivity index (χ1v) is 6.67. The molecule has 0 aliphatic carbocycles. The fourth-order valence-electron chi connectivity index (χ4n) is 1.57. The smallest absolute Gasteiger partial charge is 0.225 e. The zero-order valence-electron chi connectivity index (χ0n) is 8.75. The third-order valence-electron chi connectivity index (χ3n) is 2.35. The summed E-state index contributed by atoms with van der Waals surface area (Å²) in [5.74, 6) is 0. The molecule has 0 saturated carbocycles. The Bertz CT molecular complexity index is 469. The topological polar surface area (TPSA) is 60.2 Å². The van der Waals surface area contributed by atoms with Crippen LogP contribution in [0.2, 0.25) is 5.02 Å². The minimum atomic E-state index is -3.72. The number of nitrogens with two attached hydrogens (primary N) is 1. The Hall–Kier alpha value is -0.580. The van der Waals surface area contributed by atoms with E-state index in [1.165, 1.54) is 6.07 Å². The maximum Gasteiger partial charge on any atom is 0.239 e. The molecule has 0 aliphatic heterocycles. The molecule has 0 saturated heterocycles. The Morgan fingerprint density at radius 3 is 2.27 bits per heavy atom. The second-order valence-electron chi connectivity index (χ2n) is 3.27. The number of hydrogen-bond acceptors (Lipinski definition) is 2. The number of benzene rings is 1. The van der Waals surface area contributed by atoms with Gasteiger partial charge in [-0.2, -0.15) is 0 Å². The van der Waals surface area contributed by atoms with Crippen LogP contribution in [0.25, 0.3) is 0 Å². The van der Waals surface area contributed by atoms with Crippen LogP contribution in [0.5, 0.6) is 0 Å². The van der Waals surface area contributed by atoms with Crippen LogP contribution in [0, 0.1) is 0 Å². The van der Waals surface area contributed by atoms with Crippen molar-refractivity contribution >= 4 is 21.6 Å². The quantitative estimate of drug-likeness (QED) is 0.889. The highest BCUT2D eigenvalue weighted by molar-refractivity contribution is 7.89. The predicted octanol–water partition coefficient (Wildman–Crippen LogP) is 2.11.